The van der Waals surface area contributed by atoms with Crippen molar-refractivity contribution >= 4 is 11.7 Å². The van der Waals surface area contributed by atoms with Gasteiger partial charge in [-0.2, -0.15) is 0 Å². The highest BCUT2D eigenvalue weighted by atomic mass is 16.5. The van der Waals surface area contributed by atoms with Gasteiger partial charge in [0.05, 0.1) is 25.3 Å². The average molecular weight is 275 g/mol. The van der Waals surface area contributed by atoms with Crippen molar-refractivity contribution < 1.29 is 19.1 Å². The number of para-hydroxylation sites is 1. The minimum Gasteiger partial charge on any atom is -0.467 e. The molecule has 106 valence electrons. The van der Waals surface area contributed by atoms with Crippen LogP contribution in [0.2, 0.25) is 0 Å². The number of esters is 1. The maximum Gasteiger partial charge on any atom is 0.341 e. The Hall–Kier alpha value is -2.27. The number of hydrogen-bond acceptors (Lipinski definition) is 5. The van der Waals surface area contributed by atoms with Gasteiger partial charge in [-0.05, 0) is 19.1 Å². The second-order valence-corrected chi connectivity index (χ2v) is 4.41. The first-order valence-electron chi connectivity index (χ1n) is 6.28. The van der Waals surface area contributed by atoms with Crippen molar-refractivity contribution in [3.8, 4) is 0 Å². The third-order valence-corrected chi connectivity index (χ3v) is 2.94. The molecule has 0 bridgehead atoms. The number of aliphatic hydroxyl groups is 1. The highest BCUT2D eigenvalue weighted by molar-refractivity contribution is 5.89. The van der Waals surface area contributed by atoms with E-state index in [-0.39, 0.29) is 0 Å². The maximum absolute atomic E-state index is 11.3. The number of benzene rings is 1. The van der Waals surface area contributed by atoms with Crippen LogP contribution in [0, 0.1) is 0 Å². The molecule has 0 saturated carbocycles. The van der Waals surface area contributed by atoms with Crippen LogP contribution in [0.5, 0.6) is 0 Å². The van der Waals surface area contributed by atoms with E-state index >= 15 is 0 Å². The predicted octanol–water partition coefficient (Wildman–Crippen LogP) is 2.73. The molecule has 2 rings (SSSR count). The van der Waals surface area contributed by atoms with E-state index in [0.29, 0.717) is 17.9 Å². The summed E-state index contributed by atoms with van der Waals surface area (Å²) in [5, 5.41) is 12.9. The van der Waals surface area contributed by atoms with Crippen LogP contribution >= 0.6 is 0 Å². The Bertz CT molecular complexity index is 589. The van der Waals surface area contributed by atoms with Crippen molar-refractivity contribution in [2.24, 2.45) is 0 Å². The van der Waals surface area contributed by atoms with Gasteiger partial charge in [0.2, 0.25) is 0 Å². The Labute approximate surface area is 117 Å². The van der Waals surface area contributed by atoms with Gasteiger partial charge in [0.1, 0.15) is 12.0 Å². The summed E-state index contributed by atoms with van der Waals surface area (Å²) >= 11 is 0. The van der Waals surface area contributed by atoms with E-state index in [9.17, 15) is 9.90 Å². The van der Waals surface area contributed by atoms with Crippen molar-refractivity contribution in [2.75, 3.05) is 12.4 Å². The third kappa shape index (κ3) is 3.19. The van der Waals surface area contributed by atoms with Crippen LogP contribution in [0.15, 0.2) is 41.0 Å². The van der Waals surface area contributed by atoms with E-state index in [1.807, 2.05) is 24.3 Å². The van der Waals surface area contributed by atoms with Gasteiger partial charge < -0.3 is 19.6 Å². The maximum atomic E-state index is 11.3. The largest absolute Gasteiger partial charge is 0.467 e. The zero-order chi connectivity index (χ0) is 14.5. The number of furan rings is 1. The highest BCUT2D eigenvalue weighted by Crippen LogP contribution is 2.23. The molecule has 0 aliphatic heterocycles. The van der Waals surface area contributed by atoms with Gasteiger partial charge in [-0.3, -0.25) is 0 Å². The molecule has 0 saturated heterocycles. The molecule has 2 N–H and O–H groups in total. The number of ether oxygens (including phenoxy) is 1. The lowest BCUT2D eigenvalue weighted by molar-refractivity contribution is 0.0600. The van der Waals surface area contributed by atoms with Crippen LogP contribution in [0.3, 0.4) is 0 Å². The van der Waals surface area contributed by atoms with Gasteiger partial charge in [0.25, 0.3) is 0 Å². The minimum absolute atomic E-state index is 0.383. The topological polar surface area (TPSA) is 71.7 Å². The lowest BCUT2D eigenvalue weighted by atomic mass is 10.1. The van der Waals surface area contributed by atoms with E-state index in [0.717, 1.165) is 11.3 Å². The predicted molar refractivity (Wildman–Crippen MR) is 74.5 cm³/mol. The Morgan fingerprint density at radius 2 is 2.20 bits per heavy atom. The van der Waals surface area contributed by atoms with Gasteiger partial charge in [-0.25, -0.2) is 4.79 Å². The van der Waals surface area contributed by atoms with Crippen molar-refractivity contribution in [1.29, 1.82) is 0 Å². The Kier molecular flexibility index (Phi) is 4.42. The molecule has 0 aliphatic rings. The number of hydrogen-bond donors (Lipinski definition) is 2. The molecule has 0 fully saturated rings. The molecule has 5 nitrogen and oxygen atoms in total. The SMILES string of the molecule is COC(=O)c1coc(CNc2ccccc2C(C)O)c1. The summed E-state index contributed by atoms with van der Waals surface area (Å²) in [5.41, 5.74) is 2.03. The molecule has 1 atom stereocenters. The van der Waals surface area contributed by atoms with Crippen molar-refractivity contribution in [3.63, 3.8) is 0 Å². The number of aliphatic hydroxyl groups excluding tert-OH is 1. The van der Waals surface area contributed by atoms with Gasteiger partial charge in [0.15, 0.2) is 0 Å². The van der Waals surface area contributed by atoms with Crippen LogP contribution in [-0.2, 0) is 11.3 Å². The molecule has 0 radical (unpaired) electrons. The lowest BCUT2D eigenvalue weighted by Crippen LogP contribution is -2.03. The molecule has 1 aromatic carbocycles. The van der Waals surface area contributed by atoms with Gasteiger partial charge in [0, 0.05) is 11.3 Å². The molecule has 5 heteroatoms. The second-order valence-electron chi connectivity index (χ2n) is 4.41. The van der Waals surface area contributed by atoms with Crippen molar-refractivity contribution in [2.45, 2.75) is 19.6 Å². The smallest absolute Gasteiger partial charge is 0.341 e. The summed E-state index contributed by atoms with van der Waals surface area (Å²) in [6, 6.07) is 9.12. The number of nitrogens with one attached hydrogen (secondary N) is 1. The molecule has 20 heavy (non-hydrogen) atoms. The van der Waals surface area contributed by atoms with E-state index in [1.54, 1.807) is 13.0 Å². The average Bonchev–Trinajstić information content (AvgIpc) is 2.93. The number of carbonyl (C=O) groups is 1. The quantitative estimate of drug-likeness (QED) is 0.821. The second kappa shape index (κ2) is 6.25. The van der Waals surface area contributed by atoms with Crippen LogP contribution in [-0.4, -0.2) is 18.2 Å². The summed E-state index contributed by atoms with van der Waals surface area (Å²) in [5.74, 6) is 0.190. The summed E-state index contributed by atoms with van der Waals surface area (Å²) in [7, 11) is 1.33. The van der Waals surface area contributed by atoms with Gasteiger partial charge in [-0.1, -0.05) is 18.2 Å². The van der Waals surface area contributed by atoms with Crippen molar-refractivity contribution in [1.82, 2.24) is 0 Å². The summed E-state index contributed by atoms with van der Waals surface area (Å²) in [4.78, 5) is 11.3. The first kappa shape index (κ1) is 14.1. The Balaban J connectivity index is 2.06. The zero-order valence-corrected chi connectivity index (χ0v) is 11.4. The number of rotatable bonds is 5. The third-order valence-electron chi connectivity index (χ3n) is 2.94. The molecule has 0 spiro atoms. The highest BCUT2D eigenvalue weighted by Gasteiger charge is 2.11. The monoisotopic (exact) mass is 275 g/mol. The molecule has 0 amide bonds. The normalized spacial score (nSPS) is 11.9. The van der Waals surface area contributed by atoms with Crippen LogP contribution in [0.1, 0.15) is 34.7 Å². The number of methoxy groups -OCH3 is 1. The van der Waals surface area contributed by atoms with E-state index in [2.05, 4.69) is 10.1 Å². The first-order chi connectivity index (χ1) is 9.61. The minimum atomic E-state index is -0.555. The summed E-state index contributed by atoms with van der Waals surface area (Å²) in [6.07, 6.45) is 0.810. The molecule has 0 aliphatic carbocycles. The standard InChI is InChI=1S/C15H17NO4/c1-10(17)13-5-3-4-6-14(13)16-8-12-7-11(9-20-12)15(18)19-2/h3-7,9-10,16-17H,8H2,1-2H3. The van der Waals surface area contributed by atoms with Crippen molar-refractivity contribution in [3.05, 3.63) is 53.5 Å². The molecule has 2 aromatic rings. The van der Waals surface area contributed by atoms with E-state index < -0.39 is 12.1 Å². The van der Waals surface area contributed by atoms with Gasteiger partial charge >= 0.3 is 5.97 Å². The molecular weight excluding hydrogens is 258 g/mol. The summed E-state index contributed by atoms with van der Waals surface area (Å²) in [6.45, 7) is 2.13. The fourth-order valence-corrected chi connectivity index (χ4v) is 1.90. The van der Waals surface area contributed by atoms with Crippen LogP contribution in [0.25, 0.3) is 0 Å². The fourth-order valence-electron chi connectivity index (χ4n) is 1.90. The molecule has 1 aromatic heterocycles. The molecule has 1 heterocycles. The molecular formula is C15H17NO4. The molecule has 1 unspecified atom stereocenters. The fraction of sp³-hybridized carbons (Fsp3) is 0.267. The van der Waals surface area contributed by atoms with Crippen LogP contribution in [0.4, 0.5) is 5.69 Å². The zero-order valence-electron chi connectivity index (χ0n) is 11.4. The van der Waals surface area contributed by atoms with Crippen LogP contribution < -0.4 is 5.32 Å². The lowest BCUT2D eigenvalue weighted by Gasteiger charge is -2.12. The van der Waals surface area contributed by atoms with E-state index in [4.69, 9.17) is 4.42 Å². The first-order valence-corrected chi connectivity index (χ1v) is 6.28. The van der Waals surface area contributed by atoms with E-state index in [1.165, 1.54) is 13.4 Å². The number of carbonyl (C=O) groups excluding carboxylic acids is 1. The summed E-state index contributed by atoms with van der Waals surface area (Å²) < 4.78 is 9.89. The Morgan fingerprint density at radius 1 is 1.45 bits per heavy atom. The Morgan fingerprint density at radius 3 is 2.90 bits per heavy atom. The number of anilines is 1. The van der Waals surface area contributed by atoms with Gasteiger partial charge in [-0.15, -0.1) is 0 Å².